The Bertz CT molecular complexity index is 2500. The second-order valence-corrected chi connectivity index (χ2v) is 18.2. The third kappa shape index (κ3) is 8.28. The first-order chi connectivity index (χ1) is 30.7. The molecule has 3 amide bonds. The minimum Gasteiger partial charge on any atom is -0.371 e. The molecule has 12 heteroatoms. The van der Waals surface area contributed by atoms with E-state index >= 15 is 0 Å². The number of benzene rings is 4. The molecule has 1 aromatic heterocycles. The summed E-state index contributed by atoms with van der Waals surface area (Å²) >= 11 is 0. The van der Waals surface area contributed by atoms with Gasteiger partial charge < -0.3 is 24.8 Å². The minimum absolute atomic E-state index is 0.106. The van der Waals surface area contributed by atoms with Crippen LogP contribution in [0.3, 0.4) is 0 Å². The maximum absolute atomic E-state index is 13.7. The van der Waals surface area contributed by atoms with E-state index in [1.54, 1.807) is 12.1 Å². The van der Waals surface area contributed by atoms with Crippen LogP contribution in [0.1, 0.15) is 111 Å². The van der Waals surface area contributed by atoms with Crippen LogP contribution in [0, 0.1) is 5.41 Å². The zero-order valence-electron chi connectivity index (χ0n) is 36.4. The highest BCUT2D eigenvalue weighted by Crippen LogP contribution is 2.48. The number of rotatable bonds is 12. The summed E-state index contributed by atoms with van der Waals surface area (Å²) < 4.78 is 0. The van der Waals surface area contributed by atoms with Gasteiger partial charge in [-0.1, -0.05) is 48.5 Å². The highest BCUT2D eigenvalue weighted by atomic mass is 16.2. The summed E-state index contributed by atoms with van der Waals surface area (Å²) in [6, 6.07) is 27.5. The third-order valence-corrected chi connectivity index (χ3v) is 14.8. The molecule has 0 bridgehead atoms. The Labute approximate surface area is 369 Å². The van der Waals surface area contributed by atoms with Gasteiger partial charge in [-0.05, 0) is 120 Å². The lowest BCUT2D eigenvalue weighted by atomic mass is 9.68. The summed E-state index contributed by atoms with van der Waals surface area (Å²) in [6.45, 7) is 4.78. The molecule has 326 valence electrons. The van der Waals surface area contributed by atoms with Gasteiger partial charge in [-0.25, -0.2) is 0 Å². The maximum Gasteiger partial charge on any atom is 0.255 e. The Balaban J connectivity index is 0.797. The topological polar surface area (TPSA) is 139 Å². The summed E-state index contributed by atoms with van der Waals surface area (Å²) in [7, 11) is 3.00. The second kappa shape index (κ2) is 17.9. The van der Waals surface area contributed by atoms with Crippen molar-refractivity contribution in [2.24, 2.45) is 5.41 Å². The van der Waals surface area contributed by atoms with Crippen LogP contribution in [0.15, 0.2) is 85.1 Å². The van der Waals surface area contributed by atoms with Crippen molar-refractivity contribution in [3.8, 4) is 0 Å². The molecule has 4 heterocycles. The van der Waals surface area contributed by atoms with E-state index in [0.717, 1.165) is 87.6 Å². The number of piperidine rings is 2. The van der Waals surface area contributed by atoms with Crippen molar-refractivity contribution in [3.05, 3.63) is 130 Å². The fraction of sp³-hybridized carbons (Fsp3) is 0.412. The lowest BCUT2D eigenvalue weighted by Crippen LogP contribution is -2.49. The number of nitrogens with one attached hydrogen (secondary N) is 2. The molecule has 9 rings (SSSR count). The van der Waals surface area contributed by atoms with Gasteiger partial charge in [-0.3, -0.25) is 29.2 Å². The van der Waals surface area contributed by atoms with Gasteiger partial charge in [-0.2, -0.15) is 5.10 Å². The molecule has 2 fully saturated rings. The molecule has 3 atom stereocenters. The number of amides is 3. The first-order valence-corrected chi connectivity index (χ1v) is 22.6. The van der Waals surface area contributed by atoms with Crippen LogP contribution < -0.4 is 10.2 Å². The van der Waals surface area contributed by atoms with Gasteiger partial charge in [0.2, 0.25) is 11.8 Å². The van der Waals surface area contributed by atoms with Crippen molar-refractivity contribution < 1.29 is 24.0 Å². The first kappa shape index (κ1) is 42.2. The zero-order chi connectivity index (χ0) is 43.7. The average molecular weight is 848 g/mol. The zero-order valence-corrected chi connectivity index (χ0v) is 36.4. The molecular weight excluding hydrogens is 791 g/mol. The van der Waals surface area contributed by atoms with E-state index in [4.69, 9.17) is 0 Å². The molecule has 3 unspecified atom stereocenters. The van der Waals surface area contributed by atoms with Crippen molar-refractivity contribution in [2.45, 2.75) is 82.3 Å². The number of hydrogen-bond acceptors (Lipinski definition) is 8. The molecule has 4 aromatic carbocycles. The average Bonchev–Trinajstić information content (AvgIpc) is 3.98. The number of nitrogens with zero attached hydrogens (tertiary/aromatic N) is 5. The van der Waals surface area contributed by atoms with Crippen LogP contribution in [0.2, 0.25) is 0 Å². The molecule has 1 spiro atoms. The number of likely N-dealkylation sites (tertiary alicyclic amines) is 1. The third-order valence-electron chi connectivity index (χ3n) is 14.8. The Kier molecular flexibility index (Phi) is 12.0. The van der Waals surface area contributed by atoms with Crippen LogP contribution in [-0.2, 0) is 33.9 Å². The molecule has 2 saturated heterocycles. The van der Waals surface area contributed by atoms with Gasteiger partial charge >= 0.3 is 0 Å². The molecule has 12 nitrogen and oxygen atoms in total. The van der Waals surface area contributed by atoms with Crippen LogP contribution >= 0.6 is 0 Å². The molecule has 63 heavy (non-hydrogen) atoms. The van der Waals surface area contributed by atoms with Crippen LogP contribution in [0.4, 0.5) is 5.69 Å². The van der Waals surface area contributed by atoms with E-state index in [2.05, 4.69) is 92.0 Å². The quantitative estimate of drug-likeness (QED) is 0.134. The van der Waals surface area contributed by atoms with Crippen molar-refractivity contribution in [3.63, 3.8) is 0 Å². The standard InChI is InChI=1S/C51H57N7O5/c1-52-49(62)46(9-6-26-59)55(2)50(63)43-28-37-31-56(30-36(37)27-38(43)33-60)32-47(61)58-24-20-51(21-25-58)18-22-57(23-19-51)39-12-10-35(11-13-39)48-40(34-7-4-3-5-8-34)14-15-41-42(48)16-17-45-44(41)29-53-54-45/h3-5,7-8,10-13,16-17,26-29,33,40,46,48H,6,9,14-15,18-25,30-32H2,1-2H3,(H,52,62)(H,53,54). The Hall–Kier alpha value is -6.14. The normalized spacial score (nSPS) is 19.9. The number of carbonyl (C=O) groups is 5. The number of anilines is 1. The molecule has 5 aromatic rings. The molecule has 2 N–H and O–H groups in total. The smallest absolute Gasteiger partial charge is 0.255 e. The number of H-pyrrole nitrogens is 1. The largest absolute Gasteiger partial charge is 0.371 e. The lowest BCUT2D eigenvalue weighted by Gasteiger charge is -2.47. The molecule has 3 aliphatic heterocycles. The fourth-order valence-corrected chi connectivity index (χ4v) is 11.1. The van der Waals surface area contributed by atoms with Gasteiger partial charge in [0.05, 0.1) is 23.8 Å². The summed E-state index contributed by atoms with van der Waals surface area (Å²) in [5, 5.41) is 11.3. The summed E-state index contributed by atoms with van der Waals surface area (Å²) in [6.07, 6.45) is 10.0. The van der Waals surface area contributed by atoms with E-state index in [9.17, 15) is 24.0 Å². The summed E-state index contributed by atoms with van der Waals surface area (Å²) in [4.78, 5) is 71.0. The predicted octanol–water partition coefficient (Wildman–Crippen LogP) is 6.63. The number of fused-ring (bicyclic) bond motifs is 4. The Morgan fingerprint density at radius 2 is 1.62 bits per heavy atom. The minimum atomic E-state index is -0.848. The van der Waals surface area contributed by atoms with Crippen LogP contribution in [0.5, 0.6) is 0 Å². The van der Waals surface area contributed by atoms with Crippen molar-refractivity contribution in [1.29, 1.82) is 0 Å². The van der Waals surface area contributed by atoms with Crippen LogP contribution in [-0.4, -0.2) is 108 Å². The molecule has 0 saturated carbocycles. The van der Waals surface area contributed by atoms with E-state index < -0.39 is 11.9 Å². The van der Waals surface area contributed by atoms with E-state index in [1.807, 2.05) is 11.1 Å². The monoisotopic (exact) mass is 847 g/mol. The predicted molar refractivity (Wildman–Crippen MR) is 243 cm³/mol. The van der Waals surface area contributed by atoms with Crippen molar-refractivity contribution >= 4 is 46.9 Å². The number of carbonyl (C=O) groups excluding carboxylic acids is 5. The van der Waals surface area contributed by atoms with Crippen LogP contribution in [0.25, 0.3) is 10.9 Å². The molecule has 1 aliphatic carbocycles. The van der Waals surface area contributed by atoms with Gasteiger partial charge in [0.1, 0.15) is 12.3 Å². The first-order valence-electron chi connectivity index (χ1n) is 22.6. The number of aryl methyl sites for hydroxylation is 1. The molecule has 4 aliphatic rings. The van der Waals surface area contributed by atoms with Crippen molar-refractivity contribution in [1.82, 2.24) is 30.2 Å². The SMILES string of the molecule is CNC(=O)C(CCC=O)N(C)C(=O)c1cc2c(cc1C=O)CN(CC(=O)N1CCC3(CC1)CCN(c1ccc(C4c5ccc6[nH]ncc6c5CCC4c4ccccc4)cc1)CC3)C2. The molecular formula is C51H57N7O5. The van der Waals surface area contributed by atoms with E-state index in [1.165, 1.54) is 52.3 Å². The van der Waals surface area contributed by atoms with E-state index in [-0.39, 0.29) is 53.7 Å². The summed E-state index contributed by atoms with van der Waals surface area (Å²) in [5.41, 5.74) is 10.5. The fourth-order valence-electron chi connectivity index (χ4n) is 11.1. The Morgan fingerprint density at radius 3 is 2.32 bits per heavy atom. The highest BCUT2D eigenvalue weighted by molar-refractivity contribution is 6.03. The maximum atomic E-state index is 13.7. The Morgan fingerprint density at radius 1 is 0.905 bits per heavy atom. The second-order valence-electron chi connectivity index (χ2n) is 18.2. The number of hydrogen-bond donors (Lipinski definition) is 2. The molecule has 0 radical (unpaired) electrons. The lowest BCUT2D eigenvalue weighted by molar-refractivity contribution is -0.135. The number of aromatic amines is 1. The number of aromatic nitrogens is 2. The van der Waals surface area contributed by atoms with Gasteiger partial charge in [0.25, 0.3) is 5.91 Å². The van der Waals surface area contributed by atoms with Crippen molar-refractivity contribution in [2.75, 3.05) is 51.7 Å². The highest BCUT2D eigenvalue weighted by Gasteiger charge is 2.40. The van der Waals surface area contributed by atoms with E-state index in [0.29, 0.717) is 25.3 Å². The number of likely N-dealkylation sites (N-methyl/N-ethyl adjacent to an activating group) is 2. The van der Waals surface area contributed by atoms with Gasteiger partial charge in [0, 0.05) is 82.3 Å². The van der Waals surface area contributed by atoms with Gasteiger partial charge in [0.15, 0.2) is 6.29 Å². The number of aldehydes is 2. The summed E-state index contributed by atoms with van der Waals surface area (Å²) in [5.74, 6) is -0.0607. The van der Waals surface area contributed by atoms with Gasteiger partial charge in [-0.15, -0.1) is 0 Å².